The number of hydrogen-bond donors (Lipinski definition) is 0. The molecule has 0 aliphatic heterocycles. The summed E-state index contributed by atoms with van der Waals surface area (Å²) in [6.07, 6.45) is 2.67. The molecule has 2 nitrogen and oxygen atoms in total. The van der Waals surface area contributed by atoms with Gasteiger partial charge in [0.25, 0.3) is 0 Å². The molecule has 0 fully saturated rings. The van der Waals surface area contributed by atoms with Crippen LogP contribution in [0.2, 0.25) is 0 Å². The average molecular weight is 715 g/mol. The Morgan fingerprint density at radius 2 is 1.00 bits per heavy atom. The van der Waals surface area contributed by atoms with Crippen molar-refractivity contribution in [1.29, 1.82) is 0 Å². The number of aliphatic imine (C=N–C) groups is 2. The van der Waals surface area contributed by atoms with Gasteiger partial charge in [0, 0.05) is 0 Å². The van der Waals surface area contributed by atoms with Crippen molar-refractivity contribution in [2.75, 3.05) is 0 Å². The van der Waals surface area contributed by atoms with Gasteiger partial charge < -0.3 is 0 Å². The van der Waals surface area contributed by atoms with Crippen molar-refractivity contribution in [3.63, 3.8) is 0 Å². The van der Waals surface area contributed by atoms with Crippen LogP contribution in [0.5, 0.6) is 0 Å². The van der Waals surface area contributed by atoms with Gasteiger partial charge in [-0.2, -0.15) is 0 Å². The first-order valence-electron chi connectivity index (χ1n) is 13.8. The second kappa shape index (κ2) is 21.0. The van der Waals surface area contributed by atoms with Gasteiger partial charge in [0.15, 0.2) is 0 Å². The summed E-state index contributed by atoms with van der Waals surface area (Å²) < 4.78 is 0. The van der Waals surface area contributed by atoms with Gasteiger partial charge in [-0.25, -0.2) is 0 Å². The second-order valence-corrected chi connectivity index (χ2v) is 14.5. The van der Waals surface area contributed by atoms with E-state index in [1.54, 1.807) is 0 Å². The third-order valence-corrected chi connectivity index (χ3v) is 6.20. The van der Waals surface area contributed by atoms with E-state index >= 15 is 0 Å². The minimum absolute atomic E-state index is 0.851. The van der Waals surface area contributed by atoms with E-state index in [0.717, 1.165) is 42.1 Å². The van der Waals surface area contributed by atoms with Gasteiger partial charge in [0.1, 0.15) is 0 Å². The Hall–Kier alpha value is -1.81. The van der Waals surface area contributed by atoms with E-state index in [1.165, 1.54) is 55.4 Å². The predicted molar refractivity (Wildman–Crippen MR) is 186 cm³/mol. The minimum atomic E-state index is 0.851. The van der Waals surface area contributed by atoms with Crippen LogP contribution >= 0.6 is 28.5 Å². The van der Waals surface area contributed by atoms with Crippen LogP contribution in [0.1, 0.15) is 78.1 Å². The zero-order chi connectivity index (χ0) is 30.8. The molecule has 222 valence electrons. The Kier molecular flexibility index (Phi) is 20.0. The molecule has 0 atom stereocenters. The van der Waals surface area contributed by atoms with Gasteiger partial charge in [0.05, 0.1) is 22.8 Å². The van der Waals surface area contributed by atoms with Gasteiger partial charge >= 0.3 is 39.3 Å². The first-order chi connectivity index (χ1) is 19.1. The zero-order valence-electron chi connectivity index (χ0n) is 26.1. The number of halogens is 2. The Labute approximate surface area is 265 Å². The molecule has 40 heavy (non-hydrogen) atoms. The molecule has 0 aromatic heterocycles. The summed E-state index contributed by atoms with van der Waals surface area (Å²) in [6, 6.07) is 17.7. The summed E-state index contributed by atoms with van der Waals surface area (Å²) >= 11 is 6.00. The summed E-state index contributed by atoms with van der Waals surface area (Å²) in [5, 5.41) is 0. The maximum absolute atomic E-state index is 5.26. The fourth-order valence-electron chi connectivity index (χ4n) is 4.60. The zero-order valence-corrected chi connectivity index (χ0v) is 30.3. The van der Waals surface area contributed by atoms with Crippen LogP contribution in [0, 0.1) is 48.5 Å². The van der Waals surface area contributed by atoms with Gasteiger partial charge in [-0.15, -0.1) is 13.2 Å². The van der Waals surface area contributed by atoms with Crippen molar-refractivity contribution in [2.24, 2.45) is 9.98 Å². The third kappa shape index (κ3) is 12.8. The topological polar surface area (TPSA) is 24.7 Å². The van der Waals surface area contributed by atoms with Crippen molar-refractivity contribution in [2.45, 2.75) is 88.5 Å². The van der Waals surface area contributed by atoms with Crippen molar-refractivity contribution in [3.05, 3.63) is 106 Å². The van der Waals surface area contributed by atoms with E-state index in [-0.39, 0.29) is 0 Å². The maximum atomic E-state index is 5.26. The van der Waals surface area contributed by atoms with Crippen LogP contribution < -0.4 is 0 Å². The summed E-state index contributed by atoms with van der Waals surface area (Å²) in [7, 11) is 1.25. The summed E-state index contributed by atoms with van der Waals surface area (Å²) in [4.78, 5) is 10.5. The second-order valence-electron chi connectivity index (χ2n) is 9.50. The number of rotatable bonds is 7. The molecule has 0 N–H and O–H groups in total. The summed E-state index contributed by atoms with van der Waals surface area (Å²) in [6.45, 7) is 27.2. The summed E-state index contributed by atoms with van der Waals surface area (Å²) in [5.41, 5.74) is 14.4. The molecule has 3 aromatic rings. The number of aryl methyl sites for hydroxylation is 8. The van der Waals surface area contributed by atoms with E-state index in [2.05, 4.69) is 146 Å². The normalized spacial score (nSPS) is 11.0. The first kappa shape index (κ1) is 38.2. The van der Waals surface area contributed by atoms with E-state index in [1.807, 2.05) is 13.8 Å². The molecule has 0 amide bonds. The van der Waals surface area contributed by atoms with Crippen LogP contribution in [0.4, 0.5) is 11.4 Å². The predicted octanol–water partition coefficient (Wildman–Crippen LogP) is 12.3. The van der Waals surface area contributed by atoms with Gasteiger partial charge in [-0.3, -0.25) is 9.98 Å². The molecule has 0 unspecified atom stereocenters. The Morgan fingerprint density at radius 3 is 1.35 bits per heavy atom. The Morgan fingerprint density at radius 1 is 0.650 bits per heavy atom. The molecule has 0 saturated heterocycles. The van der Waals surface area contributed by atoms with Crippen LogP contribution in [0.15, 0.2) is 71.7 Å². The molecule has 0 heterocycles. The Balaban J connectivity index is 0.00000199. The number of nitrogens with zero attached hydrogens (tertiary/aromatic N) is 2. The van der Waals surface area contributed by atoms with Crippen molar-refractivity contribution < 1.29 is 10.9 Å². The molecular formula is C35H48Br2N2Ni. The quantitative estimate of drug-likeness (QED) is 0.132. The molecule has 0 spiro atoms. The molecule has 3 rings (SSSR count). The van der Waals surface area contributed by atoms with E-state index in [9.17, 15) is 0 Å². The summed E-state index contributed by atoms with van der Waals surface area (Å²) in [5.74, 6) is 0. The standard InChI is InChI=1S/C31H38N2.C2H6.C2H4.2BrH.Ni/c1-9-28(32-30-23(5)16-21(3)17-24(30)6)29(15-14-27-12-10-20(2)11-13-27)33-31-25(7)18-22(4)19-26(31)8;2*1-2;;;/h10-13,16-19H,9,14-15H2,1-8H3;1-2H3;1-2H2;2*1H;/q;;;;;+2/p-2. The fraction of sp³-hybridized carbons (Fsp3) is 0.371. The molecule has 0 saturated carbocycles. The van der Waals surface area contributed by atoms with Crippen LogP contribution in [-0.4, -0.2) is 11.4 Å². The van der Waals surface area contributed by atoms with E-state index in [4.69, 9.17) is 9.98 Å². The van der Waals surface area contributed by atoms with E-state index in [0.29, 0.717) is 0 Å². The molecular weight excluding hydrogens is 667 g/mol. The van der Waals surface area contributed by atoms with Crippen LogP contribution in [0.25, 0.3) is 0 Å². The molecule has 0 aliphatic carbocycles. The molecule has 0 bridgehead atoms. The van der Waals surface area contributed by atoms with Crippen molar-refractivity contribution in [1.82, 2.24) is 0 Å². The van der Waals surface area contributed by atoms with Gasteiger partial charge in [-0.05, 0) is 95.5 Å². The third-order valence-electron chi connectivity index (χ3n) is 6.20. The first-order valence-corrected chi connectivity index (χ1v) is 18.7. The number of hydrogen-bond acceptors (Lipinski definition) is 2. The molecule has 0 aliphatic rings. The number of benzene rings is 3. The average Bonchev–Trinajstić information content (AvgIpc) is 2.91. The van der Waals surface area contributed by atoms with Gasteiger partial charge in [0.2, 0.25) is 0 Å². The van der Waals surface area contributed by atoms with Crippen molar-refractivity contribution >= 4 is 51.2 Å². The molecule has 0 radical (unpaired) electrons. The monoisotopic (exact) mass is 712 g/mol. The van der Waals surface area contributed by atoms with Gasteiger partial charge in [-0.1, -0.05) is 86.0 Å². The molecule has 3 aromatic carbocycles. The Bertz CT molecular complexity index is 1200. The van der Waals surface area contributed by atoms with E-state index < -0.39 is 0 Å². The van der Waals surface area contributed by atoms with Crippen LogP contribution in [0.3, 0.4) is 0 Å². The fourth-order valence-corrected chi connectivity index (χ4v) is 4.60. The van der Waals surface area contributed by atoms with Crippen LogP contribution in [-0.2, 0) is 17.3 Å². The molecule has 5 heteroatoms. The van der Waals surface area contributed by atoms with Crippen molar-refractivity contribution in [3.8, 4) is 0 Å². The SMILES string of the molecule is C=C.CC.CCC(=Nc1c(C)cc(C)cc1C)C(CCc1ccc(C)cc1)=Nc1c(C)cc(C)cc1C.[Br][Ni][Br].